The molecule has 16 heteroatoms. The molecule has 4 aliphatic heterocycles. The van der Waals surface area contributed by atoms with E-state index in [0.717, 1.165) is 107 Å². The van der Waals surface area contributed by atoms with Gasteiger partial charge in [-0.3, -0.25) is 19.5 Å². The summed E-state index contributed by atoms with van der Waals surface area (Å²) in [6.07, 6.45) is 3.98. The van der Waals surface area contributed by atoms with Crippen LogP contribution in [0.2, 0.25) is 0 Å². The predicted molar refractivity (Wildman–Crippen MR) is 351 cm³/mol. The molecule has 4 heterocycles. The number of rotatable bonds is 13. The molecule has 2 atom stereocenters. The first kappa shape index (κ1) is 55.1. The minimum Gasteiger partial charge on any atom is -0.541 e. The Morgan fingerprint density at radius 1 is 0.325 bits per heavy atom. The summed E-state index contributed by atoms with van der Waals surface area (Å²) in [4.78, 5) is 12.5. The lowest BCUT2D eigenvalue weighted by atomic mass is 10.3. The summed E-state index contributed by atoms with van der Waals surface area (Å²) in [5.41, 5.74) is 0. The molecule has 2 N–H and O–H groups in total. The van der Waals surface area contributed by atoms with Crippen LogP contribution >= 0.6 is 44.6 Å². The topological polar surface area (TPSA) is 108 Å². The zero-order valence-corrected chi connectivity index (χ0v) is 50.3. The summed E-state index contributed by atoms with van der Waals surface area (Å²) in [7, 11) is -16.9. The van der Waals surface area contributed by atoms with E-state index in [1.54, 1.807) is 0 Å². The minimum absolute atomic E-state index is 0.853. The van der Waals surface area contributed by atoms with E-state index in [2.05, 4.69) is 262 Å². The molecule has 4 aliphatic rings. The first-order valence-corrected chi connectivity index (χ1v) is 37.9. The highest BCUT2D eigenvalue weighted by Gasteiger charge is 2.53. The highest BCUT2D eigenvalue weighted by atomic mass is 31.3. The summed E-state index contributed by atoms with van der Waals surface area (Å²) in [6, 6.07) is 99.4. The Bertz CT molecular complexity index is 3260. The van der Waals surface area contributed by atoms with Gasteiger partial charge in [0.15, 0.2) is 0 Å². The standard InChI is InChI=1S/C58H62N10P6.C6H6/c1-9-29-51(30-10-1)69(52-31-11-2-12-32-52)61-70(53-33-13-3-14-34-53,54-35-15-4-16-36-54)64-73(63-69)59-45-27-49-67(73)47-25-26-48-68-50-28-46-60-74(68)65-71(55-37-17-5-18-38-55,56-39-19-6-20-40-56)62-72(66-74,57-41-21-7-22-42-57)58-43-23-8-24-44-58;1-2-4-6-5-3-1/h1-24,29-44,59-60H,25-28,45-50H2;1-6H. The lowest BCUT2D eigenvalue weighted by molar-refractivity contribution is 0.368. The van der Waals surface area contributed by atoms with Crippen LogP contribution in [0, 0.1) is 0 Å². The smallest absolute Gasteiger partial charge is 0.309 e. The molecule has 9 aromatic rings. The Morgan fingerprint density at radius 3 is 0.825 bits per heavy atom. The average Bonchev–Trinajstić information content (AvgIpc) is 3.73. The number of hydrogen-bond donors (Lipinski definition) is 2. The SMILES string of the molecule is c1ccc(P2(c3ccccc3)=N[P+](c3ccccc3)(c3ccccc3)N=[P@]3([N-]2)NCCCN3CCCCN2CCCN[P@]23=N[P+](c2ccccc2)(c2ccccc2)N=P(c2ccccc2)(c2ccccc2)[N-]3)cc1.c1ccccc1. The third-order valence-corrected chi connectivity index (χ3v) is 38.9. The number of nitrogens with one attached hydrogen (secondary N) is 2. The van der Waals surface area contributed by atoms with Crippen LogP contribution in [-0.2, 0) is 0 Å². The van der Waals surface area contributed by atoms with Crippen molar-refractivity contribution in [1.82, 2.24) is 19.5 Å². The minimum atomic E-state index is -2.82. The number of unbranched alkanes of at least 4 members (excludes halogenated alkanes) is 1. The lowest BCUT2D eigenvalue weighted by Gasteiger charge is -2.56. The highest BCUT2D eigenvalue weighted by Crippen LogP contribution is 2.87. The fourth-order valence-electron chi connectivity index (χ4n) is 11.0. The molecule has 2 saturated heterocycles. The second kappa shape index (κ2) is 24.9. The molecule has 10 nitrogen and oxygen atoms in total. The van der Waals surface area contributed by atoms with Gasteiger partial charge in [-0.15, -0.1) is 18.1 Å². The average molecular weight is 1160 g/mol. The van der Waals surface area contributed by atoms with Gasteiger partial charge in [0.05, 0.1) is 15.0 Å². The molecular weight excluding hydrogens is 1090 g/mol. The first-order chi connectivity index (χ1) is 39.5. The molecule has 0 amide bonds. The fraction of sp³-hybridized carbons (Fsp3) is 0.156. The molecule has 0 unspecified atom stereocenters. The highest BCUT2D eigenvalue weighted by molar-refractivity contribution is 8.06. The first-order valence-electron chi connectivity index (χ1n) is 27.8. The van der Waals surface area contributed by atoms with Crippen molar-refractivity contribution in [1.29, 1.82) is 0 Å². The van der Waals surface area contributed by atoms with Crippen LogP contribution in [0.3, 0.4) is 0 Å². The van der Waals surface area contributed by atoms with Crippen LogP contribution in [0.5, 0.6) is 0 Å². The Hall–Kier alpha value is -5.48. The van der Waals surface area contributed by atoms with Crippen molar-refractivity contribution in [3.8, 4) is 0 Å². The second-order valence-electron chi connectivity index (χ2n) is 20.1. The number of hydrogen-bond acceptors (Lipinski definition) is 8. The van der Waals surface area contributed by atoms with Crippen LogP contribution in [-0.4, -0.2) is 48.6 Å². The normalized spacial score (nSPS) is 21.8. The molecule has 0 aromatic heterocycles. The largest absolute Gasteiger partial charge is 0.541 e. The molecule has 0 bridgehead atoms. The molecule has 2 fully saturated rings. The number of benzene rings is 9. The van der Waals surface area contributed by atoms with Crippen molar-refractivity contribution in [3.05, 3.63) is 289 Å². The maximum Gasteiger partial charge on any atom is 0.309 e. The summed E-state index contributed by atoms with van der Waals surface area (Å²) >= 11 is 0. The van der Waals surface area contributed by atoms with Crippen LogP contribution in [0.25, 0.3) is 9.72 Å². The van der Waals surface area contributed by atoms with E-state index >= 15 is 0 Å². The van der Waals surface area contributed by atoms with E-state index in [1.165, 1.54) is 0 Å². The van der Waals surface area contributed by atoms with Gasteiger partial charge in [0.1, 0.15) is 21.2 Å². The fourth-order valence-corrected chi connectivity index (χ4v) is 40.9. The van der Waals surface area contributed by atoms with Gasteiger partial charge in [-0.2, -0.15) is 0 Å². The molecule has 2 spiro atoms. The van der Waals surface area contributed by atoms with Gasteiger partial charge in [-0.25, -0.2) is 0 Å². The Morgan fingerprint density at radius 2 is 0.562 bits per heavy atom. The molecule has 0 aliphatic carbocycles. The van der Waals surface area contributed by atoms with E-state index in [1.807, 2.05) is 36.4 Å². The van der Waals surface area contributed by atoms with Crippen molar-refractivity contribution in [2.24, 2.45) is 18.1 Å². The Balaban J connectivity index is 0.000000997. The van der Waals surface area contributed by atoms with Crippen LogP contribution < -0.4 is 52.6 Å². The van der Waals surface area contributed by atoms with Crippen molar-refractivity contribution in [3.63, 3.8) is 0 Å². The molecule has 9 aromatic carbocycles. The molecule has 404 valence electrons. The van der Waals surface area contributed by atoms with Gasteiger partial charge in [0.2, 0.25) is 0 Å². The van der Waals surface area contributed by atoms with E-state index in [9.17, 15) is 0 Å². The predicted octanol–water partition coefficient (Wildman–Crippen LogP) is 15.2. The van der Waals surface area contributed by atoms with Gasteiger partial charge in [0.25, 0.3) is 0 Å². The zero-order chi connectivity index (χ0) is 54.0. The van der Waals surface area contributed by atoms with Gasteiger partial charge in [-0.1, -0.05) is 231 Å². The van der Waals surface area contributed by atoms with Gasteiger partial charge in [0, 0.05) is 39.3 Å². The number of nitrogens with zero attached hydrogens (tertiary/aromatic N) is 8. The van der Waals surface area contributed by atoms with E-state index < -0.39 is 44.6 Å². The van der Waals surface area contributed by atoms with Crippen molar-refractivity contribution in [2.45, 2.75) is 25.7 Å². The summed E-state index contributed by atoms with van der Waals surface area (Å²) < 4.78 is 30.3. The zero-order valence-electron chi connectivity index (χ0n) is 44.9. The van der Waals surface area contributed by atoms with Gasteiger partial charge < -0.3 is 9.72 Å². The maximum atomic E-state index is 6.24. The summed E-state index contributed by atoms with van der Waals surface area (Å²) in [5, 5.41) is 17.6. The van der Waals surface area contributed by atoms with E-state index in [0.29, 0.717) is 0 Å². The Labute approximate surface area is 475 Å². The van der Waals surface area contributed by atoms with E-state index in [4.69, 9.17) is 27.8 Å². The monoisotopic (exact) mass is 1160 g/mol. The lowest BCUT2D eigenvalue weighted by Crippen LogP contribution is -2.40. The van der Waals surface area contributed by atoms with Gasteiger partial charge in [-0.05, 0) is 110 Å². The Kier molecular flexibility index (Phi) is 17.2. The quantitative estimate of drug-likeness (QED) is 0.0885. The van der Waals surface area contributed by atoms with Crippen LogP contribution in [0.4, 0.5) is 0 Å². The molecule has 0 saturated carbocycles. The summed E-state index contributed by atoms with van der Waals surface area (Å²) in [6.45, 7) is 5.24. The summed E-state index contributed by atoms with van der Waals surface area (Å²) in [5.74, 6) is 0. The van der Waals surface area contributed by atoms with Crippen molar-refractivity contribution in [2.75, 3.05) is 39.3 Å². The molecule has 13 rings (SSSR count). The van der Waals surface area contributed by atoms with Crippen molar-refractivity contribution >= 4 is 87.0 Å². The molecular formula is C64H68N10P6. The van der Waals surface area contributed by atoms with E-state index in [-0.39, 0.29) is 0 Å². The maximum absolute atomic E-state index is 6.24. The third-order valence-electron chi connectivity index (χ3n) is 14.8. The molecule has 0 radical (unpaired) electrons. The van der Waals surface area contributed by atoms with Gasteiger partial charge >= 0.3 is 15.1 Å². The molecule has 80 heavy (non-hydrogen) atoms. The second-order valence-corrected chi connectivity index (χ2v) is 37.3. The van der Waals surface area contributed by atoms with Crippen LogP contribution in [0.1, 0.15) is 25.7 Å². The van der Waals surface area contributed by atoms with Crippen molar-refractivity contribution < 1.29 is 0 Å². The van der Waals surface area contributed by atoms with Crippen LogP contribution in [0.15, 0.2) is 297 Å². The third kappa shape index (κ3) is 11.0.